The summed E-state index contributed by atoms with van der Waals surface area (Å²) in [5, 5.41) is 3.44. The van der Waals surface area contributed by atoms with Crippen molar-refractivity contribution in [2.24, 2.45) is 0 Å². The molecule has 1 nitrogen and oxygen atoms in total. The van der Waals surface area contributed by atoms with E-state index in [1.165, 1.54) is 18.2 Å². The van der Waals surface area contributed by atoms with Crippen LogP contribution in [0.1, 0.15) is 24.1 Å². The molecule has 0 fully saturated rings. The Morgan fingerprint density at radius 1 is 1.15 bits per heavy atom. The van der Waals surface area contributed by atoms with Gasteiger partial charge in [-0.25, -0.2) is 8.78 Å². The zero-order valence-corrected chi connectivity index (χ0v) is 11.9. The lowest BCUT2D eigenvalue weighted by Gasteiger charge is -2.14. The Bertz CT molecular complexity index is 586. The molecule has 1 unspecified atom stereocenters. The number of benzene rings is 2. The summed E-state index contributed by atoms with van der Waals surface area (Å²) >= 11 is 5.76. The normalized spacial score (nSPS) is 12.4. The first kappa shape index (κ1) is 14.9. The van der Waals surface area contributed by atoms with Crippen molar-refractivity contribution in [3.05, 3.63) is 70.2 Å². The monoisotopic (exact) mass is 295 g/mol. The van der Waals surface area contributed by atoms with Crippen LogP contribution in [0.15, 0.2) is 42.5 Å². The first-order chi connectivity index (χ1) is 9.56. The summed E-state index contributed by atoms with van der Waals surface area (Å²) in [7, 11) is 0. The maximum atomic E-state index is 13.1. The quantitative estimate of drug-likeness (QED) is 0.855. The van der Waals surface area contributed by atoms with E-state index in [2.05, 4.69) is 5.32 Å². The Morgan fingerprint density at radius 3 is 2.65 bits per heavy atom. The molecule has 106 valence electrons. The number of hydrogen-bond donors (Lipinski definition) is 1. The molecular weight excluding hydrogens is 280 g/mol. The zero-order valence-electron chi connectivity index (χ0n) is 11.2. The summed E-state index contributed by atoms with van der Waals surface area (Å²) in [6.45, 7) is 2.69. The molecule has 0 spiro atoms. The van der Waals surface area contributed by atoms with E-state index in [9.17, 15) is 8.78 Å². The van der Waals surface area contributed by atoms with Crippen molar-refractivity contribution in [3.63, 3.8) is 0 Å². The van der Waals surface area contributed by atoms with Crippen LogP contribution in [-0.4, -0.2) is 6.54 Å². The van der Waals surface area contributed by atoms with Crippen LogP contribution in [0.2, 0.25) is 5.02 Å². The smallest absolute Gasteiger partial charge is 0.141 e. The molecule has 1 atom stereocenters. The summed E-state index contributed by atoms with van der Waals surface area (Å²) in [5.41, 5.74) is 1.87. The summed E-state index contributed by atoms with van der Waals surface area (Å²) in [4.78, 5) is 0. The van der Waals surface area contributed by atoms with Gasteiger partial charge in [-0.1, -0.05) is 29.8 Å². The third kappa shape index (κ3) is 4.02. The molecular formula is C16H16ClF2N. The highest BCUT2D eigenvalue weighted by Crippen LogP contribution is 2.20. The lowest BCUT2D eigenvalue weighted by Crippen LogP contribution is -2.21. The minimum atomic E-state index is -0.414. The SMILES string of the molecule is CC(NCCc1cccc(F)c1)c1ccc(F)c(Cl)c1. The average molecular weight is 296 g/mol. The highest BCUT2D eigenvalue weighted by molar-refractivity contribution is 6.30. The van der Waals surface area contributed by atoms with Crippen molar-refractivity contribution < 1.29 is 8.78 Å². The van der Waals surface area contributed by atoms with Crippen LogP contribution >= 0.6 is 11.6 Å². The van der Waals surface area contributed by atoms with E-state index in [4.69, 9.17) is 11.6 Å². The fourth-order valence-electron chi connectivity index (χ4n) is 2.03. The fourth-order valence-corrected chi connectivity index (χ4v) is 2.21. The van der Waals surface area contributed by atoms with E-state index in [-0.39, 0.29) is 16.9 Å². The molecule has 1 N–H and O–H groups in total. The minimum Gasteiger partial charge on any atom is -0.310 e. The zero-order chi connectivity index (χ0) is 14.5. The highest BCUT2D eigenvalue weighted by Gasteiger charge is 2.07. The minimum absolute atomic E-state index is 0.0571. The van der Waals surface area contributed by atoms with Gasteiger partial charge in [0.2, 0.25) is 0 Å². The van der Waals surface area contributed by atoms with E-state index < -0.39 is 5.82 Å². The average Bonchev–Trinajstić information content (AvgIpc) is 2.42. The molecule has 20 heavy (non-hydrogen) atoms. The maximum Gasteiger partial charge on any atom is 0.141 e. The van der Waals surface area contributed by atoms with Crippen molar-refractivity contribution in [1.82, 2.24) is 5.32 Å². The van der Waals surface area contributed by atoms with Crippen molar-refractivity contribution in [3.8, 4) is 0 Å². The maximum absolute atomic E-state index is 13.1. The Kier molecular flexibility index (Phi) is 5.10. The van der Waals surface area contributed by atoms with Crippen LogP contribution in [0.4, 0.5) is 8.78 Å². The van der Waals surface area contributed by atoms with Gasteiger partial charge < -0.3 is 5.32 Å². The van der Waals surface area contributed by atoms with Gasteiger partial charge in [0.1, 0.15) is 11.6 Å². The van der Waals surface area contributed by atoms with Gasteiger partial charge >= 0.3 is 0 Å². The fraction of sp³-hybridized carbons (Fsp3) is 0.250. The standard InChI is InChI=1S/C16H16ClF2N/c1-11(13-5-6-16(19)15(17)10-13)20-8-7-12-3-2-4-14(18)9-12/h2-6,9-11,20H,7-8H2,1H3. The number of nitrogens with one attached hydrogen (secondary N) is 1. The van der Waals surface area contributed by atoms with Crippen molar-refractivity contribution in [2.45, 2.75) is 19.4 Å². The number of rotatable bonds is 5. The Hall–Kier alpha value is -1.45. The molecule has 0 aliphatic rings. The third-order valence-corrected chi connectivity index (χ3v) is 3.49. The first-order valence-corrected chi connectivity index (χ1v) is 6.87. The molecule has 0 saturated carbocycles. The second kappa shape index (κ2) is 6.82. The summed E-state index contributed by atoms with van der Waals surface area (Å²) in [5.74, 6) is -0.636. The Morgan fingerprint density at radius 2 is 1.95 bits per heavy atom. The molecule has 2 rings (SSSR count). The van der Waals surface area contributed by atoms with Crippen molar-refractivity contribution in [2.75, 3.05) is 6.54 Å². The van der Waals surface area contributed by atoms with E-state index in [0.717, 1.165) is 17.5 Å². The third-order valence-electron chi connectivity index (χ3n) is 3.20. The Labute approximate surface area is 122 Å². The van der Waals surface area contributed by atoms with Crippen LogP contribution < -0.4 is 5.32 Å². The van der Waals surface area contributed by atoms with E-state index in [0.29, 0.717) is 6.54 Å². The van der Waals surface area contributed by atoms with Gasteiger partial charge in [0.05, 0.1) is 5.02 Å². The van der Waals surface area contributed by atoms with Gasteiger partial charge in [0, 0.05) is 6.04 Å². The summed E-state index contributed by atoms with van der Waals surface area (Å²) < 4.78 is 26.1. The van der Waals surface area contributed by atoms with Gasteiger partial charge in [-0.2, -0.15) is 0 Å². The Balaban J connectivity index is 1.88. The van der Waals surface area contributed by atoms with Crippen LogP contribution in [0.5, 0.6) is 0 Å². The van der Waals surface area contributed by atoms with Gasteiger partial charge in [-0.05, 0) is 55.3 Å². The molecule has 0 aliphatic carbocycles. The van der Waals surface area contributed by atoms with Crippen LogP contribution in [0.25, 0.3) is 0 Å². The number of hydrogen-bond acceptors (Lipinski definition) is 1. The molecule has 0 bridgehead atoms. The lowest BCUT2D eigenvalue weighted by molar-refractivity contribution is 0.571. The van der Waals surface area contributed by atoms with E-state index >= 15 is 0 Å². The van der Waals surface area contributed by atoms with Gasteiger partial charge in [-0.3, -0.25) is 0 Å². The van der Waals surface area contributed by atoms with Crippen LogP contribution in [-0.2, 0) is 6.42 Å². The molecule has 0 radical (unpaired) electrons. The molecule has 4 heteroatoms. The molecule has 2 aromatic rings. The van der Waals surface area contributed by atoms with Gasteiger partial charge in [0.15, 0.2) is 0 Å². The molecule has 2 aromatic carbocycles. The van der Waals surface area contributed by atoms with Gasteiger partial charge in [0.25, 0.3) is 0 Å². The topological polar surface area (TPSA) is 12.0 Å². The molecule has 0 aliphatic heterocycles. The van der Waals surface area contributed by atoms with E-state index in [1.54, 1.807) is 18.2 Å². The van der Waals surface area contributed by atoms with Crippen molar-refractivity contribution >= 4 is 11.6 Å². The van der Waals surface area contributed by atoms with Gasteiger partial charge in [-0.15, -0.1) is 0 Å². The van der Waals surface area contributed by atoms with Crippen LogP contribution in [0, 0.1) is 11.6 Å². The molecule has 0 aromatic heterocycles. The summed E-state index contributed by atoms with van der Waals surface area (Å²) in [6, 6.07) is 11.3. The predicted molar refractivity (Wildman–Crippen MR) is 77.9 cm³/mol. The summed E-state index contributed by atoms with van der Waals surface area (Å²) in [6.07, 6.45) is 0.733. The second-order valence-corrected chi connectivity index (χ2v) is 5.14. The number of halogens is 3. The predicted octanol–water partition coefficient (Wildman–Crippen LogP) is 4.51. The highest BCUT2D eigenvalue weighted by atomic mass is 35.5. The molecule has 0 amide bonds. The van der Waals surface area contributed by atoms with Crippen molar-refractivity contribution in [1.29, 1.82) is 0 Å². The second-order valence-electron chi connectivity index (χ2n) is 4.73. The largest absolute Gasteiger partial charge is 0.310 e. The van der Waals surface area contributed by atoms with Crippen LogP contribution in [0.3, 0.4) is 0 Å². The first-order valence-electron chi connectivity index (χ1n) is 6.49. The lowest BCUT2D eigenvalue weighted by atomic mass is 10.1. The van der Waals surface area contributed by atoms with E-state index in [1.807, 2.05) is 13.0 Å². The molecule has 0 heterocycles. The molecule has 0 saturated heterocycles.